The van der Waals surface area contributed by atoms with E-state index in [0.717, 1.165) is 5.39 Å². The Hall–Kier alpha value is -3.32. The van der Waals surface area contributed by atoms with Crippen molar-refractivity contribution in [3.05, 3.63) is 60.4 Å². The highest BCUT2D eigenvalue weighted by molar-refractivity contribution is 6.08. The molecule has 1 saturated heterocycles. The molecule has 1 fully saturated rings. The fraction of sp³-hybridized carbons (Fsp3) is 0.273. The maximum atomic E-state index is 13.3. The molecule has 1 aromatic heterocycles. The molecule has 0 unspecified atom stereocenters. The van der Waals surface area contributed by atoms with Gasteiger partial charge in [-0.05, 0) is 24.3 Å². The van der Waals surface area contributed by atoms with Crippen LogP contribution in [-0.4, -0.2) is 55.7 Å². The summed E-state index contributed by atoms with van der Waals surface area (Å²) in [4.78, 5) is 29.6. The van der Waals surface area contributed by atoms with Crippen LogP contribution in [0.2, 0.25) is 0 Å². The van der Waals surface area contributed by atoms with E-state index in [-0.39, 0.29) is 24.1 Å². The van der Waals surface area contributed by atoms with E-state index in [9.17, 15) is 9.59 Å². The van der Waals surface area contributed by atoms with E-state index in [0.29, 0.717) is 43.3 Å². The first-order valence-electron chi connectivity index (χ1n) is 9.63. The van der Waals surface area contributed by atoms with Crippen LogP contribution in [0.1, 0.15) is 10.6 Å². The maximum Gasteiger partial charge on any atom is 0.294 e. The highest BCUT2D eigenvalue weighted by Crippen LogP contribution is 2.35. The summed E-state index contributed by atoms with van der Waals surface area (Å²) in [6.45, 7) is 2.20. The van der Waals surface area contributed by atoms with Crippen LogP contribution in [0.4, 0.5) is 5.69 Å². The molecule has 3 aromatic rings. The van der Waals surface area contributed by atoms with Crippen molar-refractivity contribution in [2.75, 3.05) is 37.7 Å². The Kier molecular flexibility index (Phi) is 4.44. The number of benzene rings is 2. The number of fused-ring (bicyclic) bond motifs is 2. The number of carbonyl (C=O) groups excluding carboxylic acids is 2. The zero-order valence-electron chi connectivity index (χ0n) is 15.7. The summed E-state index contributed by atoms with van der Waals surface area (Å²) in [6, 6.07) is 16.5. The summed E-state index contributed by atoms with van der Waals surface area (Å²) in [7, 11) is 0. The molecule has 29 heavy (non-hydrogen) atoms. The van der Waals surface area contributed by atoms with Crippen LogP contribution in [0.3, 0.4) is 0 Å². The fourth-order valence-corrected chi connectivity index (χ4v) is 3.76. The molecule has 0 aliphatic carbocycles. The van der Waals surface area contributed by atoms with Crippen molar-refractivity contribution < 1.29 is 23.5 Å². The Morgan fingerprint density at radius 2 is 1.72 bits per heavy atom. The quantitative estimate of drug-likeness (QED) is 0.671. The molecule has 2 aliphatic rings. The lowest BCUT2D eigenvalue weighted by molar-refractivity contribution is -0.142. The van der Waals surface area contributed by atoms with Gasteiger partial charge in [0.05, 0.1) is 25.4 Å². The van der Waals surface area contributed by atoms with Gasteiger partial charge in [-0.3, -0.25) is 14.5 Å². The molecule has 2 aliphatic heterocycles. The maximum absolute atomic E-state index is 13.3. The van der Waals surface area contributed by atoms with Crippen molar-refractivity contribution in [2.24, 2.45) is 0 Å². The van der Waals surface area contributed by atoms with Crippen LogP contribution >= 0.6 is 0 Å². The Morgan fingerprint density at radius 1 is 0.966 bits per heavy atom. The molecule has 148 valence electrons. The van der Waals surface area contributed by atoms with Gasteiger partial charge >= 0.3 is 0 Å². The van der Waals surface area contributed by atoms with E-state index in [2.05, 4.69) is 0 Å². The molecule has 2 aromatic carbocycles. The van der Waals surface area contributed by atoms with Crippen LogP contribution in [0.15, 0.2) is 59.0 Å². The van der Waals surface area contributed by atoms with E-state index in [1.807, 2.05) is 42.5 Å². The van der Waals surface area contributed by atoms with Crippen molar-refractivity contribution in [2.45, 2.75) is 6.10 Å². The number of amides is 2. The standard InChI is InChI=1S/C22H20N2O5/c25-21(23-9-11-27-12-10-23)20-14-24(16-6-2-4-8-18(16)29-20)22(26)19-13-15-5-1-3-7-17(15)28-19/h1-8,13,20H,9-12,14H2/t20-/m1/s1. The molecule has 7 heteroatoms. The van der Waals surface area contributed by atoms with Crippen LogP contribution in [0.5, 0.6) is 5.75 Å². The summed E-state index contributed by atoms with van der Waals surface area (Å²) >= 11 is 0. The SMILES string of the molecule is O=C([C@H]1CN(C(=O)c2cc3ccccc3o2)c2ccccc2O1)N1CCOCC1. The van der Waals surface area contributed by atoms with Crippen LogP contribution in [0, 0.1) is 0 Å². The summed E-state index contributed by atoms with van der Waals surface area (Å²) in [5, 5.41) is 0.860. The average molecular weight is 392 g/mol. The Morgan fingerprint density at radius 3 is 2.55 bits per heavy atom. The predicted octanol–water partition coefficient (Wildman–Crippen LogP) is 2.70. The third kappa shape index (κ3) is 3.23. The van der Waals surface area contributed by atoms with E-state index < -0.39 is 6.10 Å². The first-order chi connectivity index (χ1) is 14.2. The predicted molar refractivity (Wildman–Crippen MR) is 106 cm³/mol. The average Bonchev–Trinajstić information content (AvgIpc) is 3.22. The number of furan rings is 1. The molecule has 0 N–H and O–H groups in total. The normalized spacial score (nSPS) is 19.0. The van der Waals surface area contributed by atoms with Gasteiger partial charge in [-0.15, -0.1) is 0 Å². The Balaban J connectivity index is 1.47. The molecule has 7 nitrogen and oxygen atoms in total. The summed E-state index contributed by atoms with van der Waals surface area (Å²) in [5.41, 5.74) is 1.28. The molecule has 0 bridgehead atoms. The van der Waals surface area contributed by atoms with Gasteiger partial charge in [0.15, 0.2) is 11.9 Å². The molecule has 2 amide bonds. The Labute approximate surface area is 167 Å². The second-order valence-corrected chi connectivity index (χ2v) is 7.08. The highest BCUT2D eigenvalue weighted by Gasteiger charge is 2.37. The third-order valence-electron chi connectivity index (χ3n) is 5.25. The number of rotatable bonds is 2. The van der Waals surface area contributed by atoms with Gasteiger partial charge < -0.3 is 18.8 Å². The van der Waals surface area contributed by atoms with Gasteiger partial charge in [0.1, 0.15) is 11.3 Å². The summed E-state index contributed by atoms with van der Waals surface area (Å²) in [6.07, 6.45) is -0.767. The van der Waals surface area contributed by atoms with Crippen LogP contribution in [0.25, 0.3) is 11.0 Å². The van der Waals surface area contributed by atoms with Gasteiger partial charge in [0, 0.05) is 18.5 Å². The molecule has 0 radical (unpaired) electrons. The summed E-state index contributed by atoms with van der Waals surface area (Å²) < 4.78 is 17.1. The van der Waals surface area contributed by atoms with Crippen LogP contribution < -0.4 is 9.64 Å². The van der Waals surface area contributed by atoms with Gasteiger partial charge in [0.2, 0.25) is 0 Å². The second-order valence-electron chi connectivity index (χ2n) is 7.08. The molecule has 3 heterocycles. The van der Waals surface area contributed by atoms with Crippen molar-refractivity contribution in [3.63, 3.8) is 0 Å². The number of morpholine rings is 1. The first kappa shape index (κ1) is 17.8. The zero-order valence-corrected chi connectivity index (χ0v) is 15.7. The topological polar surface area (TPSA) is 72.2 Å². The van der Waals surface area contributed by atoms with Crippen molar-refractivity contribution in [1.29, 1.82) is 0 Å². The minimum absolute atomic E-state index is 0.128. The smallest absolute Gasteiger partial charge is 0.294 e. The second kappa shape index (κ2) is 7.25. The van der Waals surface area contributed by atoms with E-state index in [4.69, 9.17) is 13.9 Å². The lowest BCUT2D eigenvalue weighted by Crippen LogP contribution is -2.54. The van der Waals surface area contributed by atoms with Crippen LogP contribution in [-0.2, 0) is 9.53 Å². The minimum Gasteiger partial charge on any atom is -0.476 e. The molecular formula is C22H20N2O5. The number of nitrogens with zero attached hydrogens (tertiary/aromatic N) is 2. The largest absolute Gasteiger partial charge is 0.476 e. The fourth-order valence-electron chi connectivity index (χ4n) is 3.76. The van der Waals surface area contributed by atoms with Gasteiger partial charge in [-0.1, -0.05) is 30.3 Å². The van der Waals surface area contributed by atoms with E-state index in [1.165, 1.54) is 0 Å². The monoisotopic (exact) mass is 392 g/mol. The minimum atomic E-state index is -0.767. The number of hydrogen-bond acceptors (Lipinski definition) is 5. The molecule has 0 saturated carbocycles. The van der Waals surface area contributed by atoms with E-state index in [1.54, 1.807) is 21.9 Å². The van der Waals surface area contributed by atoms with E-state index >= 15 is 0 Å². The van der Waals surface area contributed by atoms with Gasteiger partial charge in [-0.25, -0.2) is 0 Å². The first-order valence-corrected chi connectivity index (χ1v) is 9.63. The number of anilines is 1. The number of hydrogen-bond donors (Lipinski definition) is 0. The molecule has 1 atom stereocenters. The lowest BCUT2D eigenvalue weighted by atomic mass is 10.1. The summed E-state index contributed by atoms with van der Waals surface area (Å²) in [5.74, 6) is 0.317. The lowest BCUT2D eigenvalue weighted by Gasteiger charge is -2.37. The molecule has 0 spiro atoms. The molecule has 5 rings (SSSR count). The third-order valence-corrected chi connectivity index (χ3v) is 5.25. The highest BCUT2D eigenvalue weighted by atomic mass is 16.5. The van der Waals surface area contributed by atoms with Gasteiger partial charge in [0.25, 0.3) is 11.8 Å². The molecular weight excluding hydrogens is 372 g/mol. The number of carbonyl (C=O) groups is 2. The zero-order chi connectivity index (χ0) is 19.8. The van der Waals surface area contributed by atoms with Crippen molar-refractivity contribution in [3.8, 4) is 5.75 Å². The van der Waals surface area contributed by atoms with Crippen molar-refractivity contribution >= 4 is 28.5 Å². The number of ether oxygens (including phenoxy) is 2. The number of para-hydroxylation sites is 3. The van der Waals surface area contributed by atoms with Gasteiger partial charge in [-0.2, -0.15) is 0 Å². The Bertz CT molecular complexity index is 1040. The van der Waals surface area contributed by atoms with Crippen molar-refractivity contribution in [1.82, 2.24) is 4.90 Å².